The van der Waals surface area contributed by atoms with Crippen LogP contribution in [0.15, 0.2) is 28.8 Å². The van der Waals surface area contributed by atoms with Gasteiger partial charge in [-0.3, -0.25) is 0 Å². The van der Waals surface area contributed by atoms with E-state index in [1.807, 2.05) is 24.3 Å². The van der Waals surface area contributed by atoms with Gasteiger partial charge in [0.15, 0.2) is 0 Å². The molecule has 5 nitrogen and oxygen atoms in total. The quantitative estimate of drug-likeness (QED) is 0.937. The summed E-state index contributed by atoms with van der Waals surface area (Å²) in [5.41, 5.74) is 0.934. The summed E-state index contributed by atoms with van der Waals surface area (Å²) in [6.07, 6.45) is 2.22. The number of halogens is 1. The molecule has 3 rings (SSSR count). The summed E-state index contributed by atoms with van der Waals surface area (Å²) in [5.74, 6) is 2.12. The first-order valence-electron chi connectivity index (χ1n) is 6.08. The molecule has 0 aliphatic carbocycles. The van der Waals surface area contributed by atoms with Gasteiger partial charge < -0.3 is 14.6 Å². The van der Waals surface area contributed by atoms with Gasteiger partial charge in [-0.2, -0.15) is 4.98 Å². The zero-order valence-electron chi connectivity index (χ0n) is 10.6. The molecule has 2 heterocycles. The number of hydrogen-bond acceptors (Lipinski definition) is 5. The van der Waals surface area contributed by atoms with Crippen LogP contribution in [0.3, 0.4) is 0 Å². The highest BCUT2D eigenvalue weighted by atomic mass is 35.5. The predicted octanol–water partition coefficient (Wildman–Crippen LogP) is 2.59. The predicted molar refractivity (Wildman–Crippen MR) is 73.5 cm³/mol. The Kier molecular flexibility index (Phi) is 4.39. The Morgan fingerprint density at radius 2 is 2.11 bits per heavy atom. The first-order chi connectivity index (χ1) is 8.86. The van der Waals surface area contributed by atoms with Crippen LogP contribution in [0.1, 0.15) is 24.8 Å². The van der Waals surface area contributed by atoms with E-state index in [4.69, 9.17) is 9.26 Å². The summed E-state index contributed by atoms with van der Waals surface area (Å²) in [6.45, 7) is 1.02. The fraction of sp³-hybridized carbons (Fsp3) is 0.385. The Morgan fingerprint density at radius 3 is 2.74 bits per heavy atom. The molecule has 102 valence electrons. The minimum Gasteiger partial charge on any atom is -0.497 e. The van der Waals surface area contributed by atoms with E-state index in [-0.39, 0.29) is 18.4 Å². The van der Waals surface area contributed by atoms with Crippen molar-refractivity contribution < 1.29 is 9.26 Å². The lowest BCUT2D eigenvalue weighted by molar-refractivity contribution is 0.345. The van der Waals surface area contributed by atoms with E-state index < -0.39 is 0 Å². The van der Waals surface area contributed by atoms with Crippen LogP contribution in [0.4, 0.5) is 0 Å². The Labute approximate surface area is 117 Å². The lowest BCUT2D eigenvalue weighted by atomic mass is 10.2. The maximum atomic E-state index is 5.30. The second-order valence-corrected chi connectivity index (χ2v) is 4.33. The maximum Gasteiger partial charge on any atom is 0.244 e. The standard InChI is InChI=1S/C13H15N3O2.ClH/c1-17-10-6-4-9(5-7-10)12-15-13(18-16-12)11-3-2-8-14-11;/h4-7,11,14H,2-3,8H2,1H3;1H/t11-;/m0./s1. The number of hydrogen-bond donors (Lipinski definition) is 1. The second-order valence-electron chi connectivity index (χ2n) is 4.33. The summed E-state index contributed by atoms with van der Waals surface area (Å²) >= 11 is 0. The summed E-state index contributed by atoms with van der Waals surface area (Å²) in [5, 5.41) is 7.36. The van der Waals surface area contributed by atoms with Crippen molar-refractivity contribution in [3.8, 4) is 17.1 Å². The molecule has 0 radical (unpaired) electrons. The molecule has 2 aromatic rings. The number of ether oxygens (including phenoxy) is 1. The first-order valence-corrected chi connectivity index (χ1v) is 6.08. The van der Waals surface area contributed by atoms with E-state index in [2.05, 4.69) is 15.5 Å². The van der Waals surface area contributed by atoms with Gasteiger partial charge in [-0.15, -0.1) is 12.4 Å². The molecule has 1 saturated heterocycles. The van der Waals surface area contributed by atoms with E-state index in [9.17, 15) is 0 Å². The van der Waals surface area contributed by atoms with Gasteiger partial charge in [-0.25, -0.2) is 0 Å². The maximum absolute atomic E-state index is 5.30. The Morgan fingerprint density at radius 1 is 1.32 bits per heavy atom. The smallest absolute Gasteiger partial charge is 0.244 e. The minimum atomic E-state index is 0. The van der Waals surface area contributed by atoms with Crippen molar-refractivity contribution in [2.24, 2.45) is 0 Å². The number of methoxy groups -OCH3 is 1. The van der Waals surface area contributed by atoms with E-state index in [1.54, 1.807) is 7.11 Å². The molecular formula is C13H16ClN3O2. The first kappa shape index (κ1) is 13.8. The van der Waals surface area contributed by atoms with Crippen molar-refractivity contribution in [1.29, 1.82) is 0 Å². The molecule has 0 spiro atoms. The Balaban J connectivity index is 0.00000133. The van der Waals surface area contributed by atoms with Crippen LogP contribution < -0.4 is 10.1 Å². The highest BCUT2D eigenvalue weighted by Crippen LogP contribution is 2.25. The van der Waals surface area contributed by atoms with Crippen LogP contribution in [0.2, 0.25) is 0 Å². The van der Waals surface area contributed by atoms with Crippen LogP contribution in [0.5, 0.6) is 5.75 Å². The molecule has 0 amide bonds. The fourth-order valence-corrected chi connectivity index (χ4v) is 2.13. The van der Waals surface area contributed by atoms with E-state index >= 15 is 0 Å². The number of nitrogens with zero attached hydrogens (tertiary/aromatic N) is 2. The molecule has 6 heteroatoms. The molecule has 1 fully saturated rings. The third kappa shape index (κ3) is 2.88. The van der Waals surface area contributed by atoms with Crippen molar-refractivity contribution in [3.05, 3.63) is 30.2 Å². The highest BCUT2D eigenvalue weighted by Gasteiger charge is 2.22. The topological polar surface area (TPSA) is 60.2 Å². The lowest BCUT2D eigenvalue weighted by Gasteiger charge is -2.01. The van der Waals surface area contributed by atoms with Gasteiger partial charge in [0.2, 0.25) is 11.7 Å². The molecule has 0 unspecified atom stereocenters. The summed E-state index contributed by atoms with van der Waals surface area (Å²) in [6, 6.07) is 7.84. The molecule has 1 atom stereocenters. The molecular weight excluding hydrogens is 266 g/mol. The van der Waals surface area contributed by atoms with Crippen LogP contribution in [-0.2, 0) is 0 Å². The highest BCUT2D eigenvalue weighted by molar-refractivity contribution is 5.85. The average Bonchev–Trinajstić information content (AvgIpc) is 3.09. The van der Waals surface area contributed by atoms with Crippen molar-refractivity contribution in [2.45, 2.75) is 18.9 Å². The Bertz CT molecular complexity index is 521. The van der Waals surface area contributed by atoms with Gasteiger partial charge in [0.25, 0.3) is 0 Å². The summed E-state index contributed by atoms with van der Waals surface area (Å²) in [4.78, 5) is 4.44. The van der Waals surface area contributed by atoms with Crippen molar-refractivity contribution in [2.75, 3.05) is 13.7 Å². The molecule has 1 aliphatic heterocycles. The normalized spacial score (nSPS) is 18.1. The minimum absolute atomic E-state index is 0. The van der Waals surface area contributed by atoms with E-state index in [1.165, 1.54) is 0 Å². The van der Waals surface area contributed by atoms with Gasteiger partial charge in [0, 0.05) is 5.56 Å². The summed E-state index contributed by atoms with van der Waals surface area (Å²) in [7, 11) is 1.65. The van der Waals surface area contributed by atoms with Crippen LogP contribution in [-0.4, -0.2) is 23.8 Å². The van der Waals surface area contributed by atoms with Crippen molar-refractivity contribution >= 4 is 12.4 Å². The zero-order valence-corrected chi connectivity index (χ0v) is 11.4. The van der Waals surface area contributed by atoms with E-state index in [0.29, 0.717) is 11.7 Å². The molecule has 1 N–H and O–H groups in total. The summed E-state index contributed by atoms with van der Waals surface area (Å²) < 4.78 is 10.4. The van der Waals surface area contributed by atoms with Gasteiger partial charge >= 0.3 is 0 Å². The van der Waals surface area contributed by atoms with Gasteiger partial charge in [0.05, 0.1) is 13.2 Å². The van der Waals surface area contributed by atoms with Gasteiger partial charge in [0.1, 0.15) is 5.75 Å². The van der Waals surface area contributed by atoms with Crippen LogP contribution in [0, 0.1) is 0 Å². The fourth-order valence-electron chi connectivity index (χ4n) is 2.13. The van der Waals surface area contributed by atoms with Crippen molar-refractivity contribution in [1.82, 2.24) is 15.5 Å². The molecule has 0 saturated carbocycles. The lowest BCUT2D eigenvalue weighted by Crippen LogP contribution is -2.12. The zero-order chi connectivity index (χ0) is 12.4. The average molecular weight is 282 g/mol. The van der Waals surface area contributed by atoms with Gasteiger partial charge in [-0.1, -0.05) is 5.16 Å². The number of rotatable bonds is 3. The Hall–Kier alpha value is -1.59. The molecule has 1 aliphatic rings. The largest absolute Gasteiger partial charge is 0.497 e. The van der Waals surface area contributed by atoms with Gasteiger partial charge in [-0.05, 0) is 43.7 Å². The molecule has 1 aromatic heterocycles. The number of benzene rings is 1. The number of aromatic nitrogens is 2. The molecule has 1 aromatic carbocycles. The monoisotopic (exact) mass is 281 g/mol. The van der Waals surface area contributed by atoms with E-state index in [0.717, 1.165) is 30.7 Å². The number of nitrogens with one attached hydrogen (secondary N) is 1. The molecule has 19 heavy (non-hydrogen) atoms. The van der Waals surface area contributed by atoms with Crippen LogP contribution >= 0.6 is 12.4 Å². The third-order valence-corrected chi connectivity index (χ3v) is 3.15. The second kappa shape index (κ2) is 6.04. The van der Waals surface area contributed by atoms with Crippen molar-refractivity contribution in [3.63, 3.8) is 0 Å². The SMILES string of the molecule is COc1ccc(-c2noc([C@@H]3CCCN3)n2)cc1.Cl. The van der Waals surface area contributed by atoms with Crippen LogP contribution in [0.25, 0.3) is 11.4 Å². The molecule has 0 bridgehead atoms. The third-order valence-electron chi connectivity index (χ3n) is 3.15.